The van der Waals surface area contributed by atoms with Crippen molar-refractivity contribution in [3.63, 3.8) is 0 Å². The molecule has 1 atom stereocenters. The number of aryl methyl sites for hydroxylation is 1. The summed E-state index contributed by atoms with van der Waals surface area (Å²) in [5, 5.41) is 0.746. The van der Waals surface area contributed by atoms with Crippen molar-refractivity contribution in [2.75, 3.05) is 7.11 Å². The molecule has 84 valence electrons. The van der Waals surface area contributed by atoms with Crippen molar-refractivity contribution in [2.24, 2.45) is 5.73 Å². The van der Waals surface area contributed by atoms with Crippen molar-refractivity contribution in [2.45, 2.75) is 32.2 Å². The molecule has 2 N–H and O–H groups in total. The van der Waals surface area contributed by atoms with E-state index in [9.17, 15) is 0 Å². The monoisotopic (exact) mass is 227 g/mol. The number of hydrogen-bond acceptors (Lipinski definition) is 2. The average Bonchev–Trinajstić information content (AvgIpc) is 2.26. The third kappa shape index (κ3) is 3.73. The molecule has 1 rings (SSSR count). The number of halogens is 1. The summed E-state index contributed by atoms with van der Waals surface area (Å²) in [5.74, 6) is 0.891. The zero-order valence-corrected chi connectivity index (χ0v) is 10.1. The molecule has 0 saturated carbocycles. The van der Waals surface area contributed by atoms with E-state index in [0.717, 1.165) is 35.6 Å². The van der Waals surface area contributed by atoms with Crippen molar-refractivity contribution in [3.8, 4) is 5.75 Å². The Morgan fingerprint density at radius 2 is 2.20 bits per heavy atom. The molecule has 1 aromatic rings. The SMILES string of the molecule is CCC(N)CCc1cc(Cl)ccc1OC. The first-order valence-electron chi connectivity index (χ1n) is 5.25. The van der Waals surface area contributed by atoms with Crippen LogP contribution >= 0.6 is 11.6 Å². The smallest absolute Gasteiger partial charge is 0.122 e. The number of methoxy groups -OCH3 is 1. The first kappa shape index (κ1) is 12.3. The Morgan fingerprint density at radius 3 is 2.80 bits per heavy atom. The van der Waals surface area contributed by atoms with Crippen LogP contribution in [0.4, 0.5) is 0 Å². The Kier molecular flexibility index (Phi) is 4.92. The second-order valence-electron chi connectivity index (χ2n) is 3.66. The maximum absolute atomic E-state index is 5.94. The molecule has 1 aromatic carbocycles. The van der Waals surface area contributed by atoms with Crippen molar-refractivity contribution >= 4 is 11.6 Å². The van der Waals surface area contributed by atoms with E-state index in [4.69, 9.17) is 22.1 Å². The normalized spacial score (nSPS) is 12.5. The zero-order valence-electron chi connectivity index (χ0n) is 9.29. The molecule has 0 fully saturated rings. The first-order chi connectivity index (χ1) is 7.17. The summed E-state index contributed by atoms with van der Waals surface area (Å²) in [5.41, 5.74) is 7.01. The minimum absolute atomic E-state index is 0.258. The predicted octanol–water partition coefficient (Wildman–Crippen LogP) is 3.02. The van der Waals surface area contributed by atoms with E-state index in [0.29, 0.717) is 0 Å². The largest absolute Gasteiger partial charge is 0.496 e. The standard InChI is InChI=1S/C12H18ClNO/c1-3-11(14)6-4-9-8-10(13)5-7-12(9)15-2/h5,7-8,11H,3-4,6,14H2,1-2H3. The second-order valence-corrected chi connectivity index (χ2v) is 4.10. The quantitative estimate of drug-likeness (QED) is 0.839. The van der Waals surface area contributed by atoms with E-state index in [1.165, 1.54) is 0 Å². The molecule has 0 radical (unpaired) electrons. The molecular weight excluding hydrogens is 210 g/mol. The molecule has 2 nitrogen and oxygen atoms in total. The van der Waals surface area contributed by atoms with Crippen LogP contribution in [0.5, 0.6) is 5.75 Å². The van der Waals surface area contributed by atoms with E-state index >= 15 is 0 Å². The van der Waals surface area contributed by atoms with Gasteiger partial charge in [-0.15, -0.1) is 0 Å². The summed E-state index contributed by atoms with van der Waals surface area (Å²) < 4.78 is 5.27. The molecule has 3 heteroatoms. The van der Waals surface area contributed by atoms with Gasteiger partial charge in [-0.05, 0) is 43.0 Å². The number of rotatable bonds is 5. The topological polar surface area (TPSA) is 35.2 Å². The van der Waals surface area contributed by atoms with Crippen LogP contribution in [-0.4, -0.2) is 13.2 Å². The Balaban J connectivity index is 2.69. The van der Waals surface area contributed by atoms with Crippen LogP contribution in [0.2, 0.25) is 5.02 Å². The van der Waals surface area contributed by atoms with Gasteiger partial charge in [0.15, 0.2) is 0 Å². The van der Waals surface area contributed by atoms with Crippen LogP contribution in [0.25, 0.3) is 0 Å². The molecule has 0 aliphatic carbocycles. The van der Waals surface area contributed by atoms with Gasteiger partial charge >= 0.3 is 0 Å². The van der Waals surface area contributed by atoms with E-state index in [1.807, 2.05) is 18.2 Å². The van der Waals surface area contributed by atoms with Crippen LogP contribution in [-0.2, 0) is 6.42 Å². The van der Waals surface area contributed by atoms with E-state index in [1.54, 1.807) is 7.11 Å². The molecule has 0 aliphatic rings. The van der Waals surface area contributed by atoms with E-state index < -0.39 is 0 Å². The molecule has 0 saturated heterocycles. The fourth-order valence-corrected chi connectivity index (χ4v) is 1.68. The molecule has 0 amide bonds. The van der Waals surface area contributed by atoms with Gasteiger partial charge in [-0.2, -0.15) is 0 Å². The third-order valence-corrected chi connectivity index (χ3v) is 2.79. The lowest BCUT2D eigenvalue weighted by Gasteiger charge is -2.11. The Hall–Kier alpha value is -0.730. The van der Waals surface area contributed by atoms with Crippen LogP contribution in [0, 0.1) is 0 Å². The number of ether oxygens (including phenoxy) is 1. The first-order valence-corrected chi connectivity index (χ1v) is 5.63. The minimum Gasteiger partial charge on any atom is -0.496 e. The van der Waals surface area contributed by atoms with E-state index in [2.05, 4.69) is 6.92 Å². The lowest BCUT2D eigenvalue weighted by atomic mass is 10.0. The minimum atomic E-state index is 0.258. The van der Waals surface area contributed by atoms with Crippen molar-refractivity contribution in [3.05, 3.63) is 28.8 Å². The van der Waals surface area contributed by atoms with Gasteiger partial charge in [-0.25, -0.2) is 0 Å². The highest BCUT2D eigenvalue weighted by atomic mass is 35.5. The van der Waals surface area contributed by atoms with E-state index in [-0.39, 0.29) is 6.04 Å². The van der Waals surface area contributed by atoms with Crippen molar-refractivity contribution in [1.82, 2.24) is 0 Å². The number of benzene rings is 1. The van der Waals surface area contributed by atoms with Gasteiger partial charge in [0.2, 0.25) is 0 Å². The Labute approximate surface area is 96.4 Å². The van der Waals surface area contributed by atoms with Gasteiger partial charge in [0.25, 0.3) is 0 Å². The molecule has 0 aliphatic heterocycles. The predicted molar refractivity (Wildman–Crippen MR) is 64.6 cm³/mol. The van der Waals surface area contributed by atoms with Gasteiger partial charge in [0, 0.05) is 11.1 Å². The summed E-state index contributed by atoms with van der Waals surface area (Å²) in [6.45, 7) is 2.10. The third-order valence-electron chi connectivity index (χ3n) is 2.55. The highest BCUT2D eigenvalue weighted by molar-refractivity contribution is 6.30. The molecule has 1 unspecified atom stereocenters. The molecule has 0 bridgehead atoms. The van der Waals surface area contributed by atoms with Gasteiger partial charge in [-0.3, -0.25) is 0 Å². The summed E-state index contributed by atoms with van der Waals surface area (Å²) >= 11 is 5.94. The number of nitrogens with two attached hydrogens (primary N) is 1. The van der Waals surface area contributed by atoms with Gasteiger partial charge in [-0.1, -0.05) is 18.5 Å². The lowest BCUT2D eigenvalue weighted by Crippen LogP contribution is -2.19. The highest BCUT2D eigenvalue weighted by Gasteiger charge is 2.06. The summed E-state index contributed by atoms with van der Waals surface area (Å²) in [6.07, 6.45) is 2.88. The summed E-state index contributed by atoms with van der Waals surface area (Å²) in [7, 11) is 1.67. The molecular formula is C12H18ClNO. The summed E-state index contributed by atoms with van der Waals surface area (Å²) in [4.78, 5) is 0. The van der Waals surface area contributed by atoms with Gasteiger partial charge < -0.3 is 10.5 Å². The van der Waals surface area contributed by atoms with Crippen molar-refractivity contribution < 1.29 is 4.74 Å². The molecule has 0 aromatic heterocycles. The zero-order chi connectivity index (χ0) is 11.3. The van der Waals surface area contributed by atoms with Crippen LogP contribution in [0.1, 0.15) is 25.3 Å². The molecule has 0 heterocycles. The Bertz CT molecular complexity index is 314. The fraction of sp³-hybridized carbons (Fsp3) is 0.500. The average molecular weight is 228 g/mol. The second kappa shape index (κ2) is 5.99. The van der Waals surface area contributed by atoms with Crippen molar-refractivity contribution in [1.29, 1.82) is 0 Å². The Morgan fingerprint density at radius 1 is 1.47 bits per heavy atom. The molecule has 0 spiro atoms. The van der Waals surface area contributed by atoms with Crippen LogP contribution < -0.4 is 10.5 Å². The highest BCUT2D eigenvalue weighted by Crippen LogP contribution is 2.24. The van der Waals surface area contributed by atoms with Crippen LogP contribution in [0.15, 0.2) is 18.2 Å². The van der Waals surface area contributed by atoms with Gasteiger partial charge in [0.1, 0.15) is 5.75 Å². The fourth-order valence-electron chi connectivity index (χ4n) is 1.49. The lowest BCUT2D eigenvalue weighted by molar-refractivity contribution is 0.408. The maximum atomic E-state index is 5.94. The number of hydrogen-bond donors (Lipinski definition) is 1. The van der Waals surface area contributed by atoms with Crippen LogP contribution in [0.3, 0.4) is 0 Å². The maximum Gasteiger partial charge on any atom is 0.122 e. The summed E-state index contributed by atoms with van der Waals surface area (Å²) in [6, 6.07) is 5.94. The van der Waals surface area contributed by atoms with Gasteiger partial charge in [0.05, 0.1) is 7.11 Å². The molecule has 15 heavy (non-hydrogen) atoms.